The number of hydrogen-bond donors (Lipinski definition) is 1. The maximum absolute atomic E-state index is 12.4. The van der Waals surface area contributed by atoms with Gasteiger partial charge in [-0.15, -0.1) is 23.5 Å². The maximum atomic E-state index is 12.4. The Bertz CT molecular complexity index is 721. The van der Waals surface area contributed by atoms with E-state index in [1.807, 2.05) is 41.7 Å². The summed E-state index contributed by atoms with van der Waals surface area (Å²) in [5.74, 6) is 2.41. The molecule has 0 bridgehead atoms. The van der Waals surface area contributed by atoms with Crippen molar-refractivity contribution in [1.29, 1.82) is 0 Å². The molecule has 2 aliphatic rings. The molecule has 1 amide bonds. The van der Waals surface area contributed by atoms with Crippen LogP contribution in [0, 0.1) is 0 Å². The predicted molar refractivity (Wildman–Crippen MR) is 101 cm³/mol. The van der Waals surface area contributed by atoms with Gasteiger partial charge in [0.25, 0.3) is 5.91 Å². The van der Waals surface area contributed by atoms with Gasteiger partial charge in [-0.2, -0.15) is 0 Å². The summed E-state index contributed by atoms with van der Waals surface area (Å²) in [5.41, 5.74) is 5.75. The Morgan fingerprint density at radius 1 is 0.957 bits per heavy atom. The van der Waals surface area contributed by atoms with Crippen LogP contribution in [-0.2, 0) is 12.8 Å². The Hall–Kier alpha value is -1.39. The molecule has 1 aliphatic heterocycles. The molecule has 1 aliphatic carbocycles. The van der Waals surface area contributed by atoms with Gasteiger partial charge in [-0.3, -0.25) is 4.79 Å². The van der Waals surface area contributed by atoms with E-state index in [1.165, 1.54) is 41.0 Å². The zero-order valence-corrected chi connectivity index (χ0v) is 14.5. The molecule has 2 aromatic rings. The smallest absolute Gasteiger partial charge is 0.255 e. The number of fused-ring (bicyclic) bond motifs is 1. The highest BCUT2D eigenvalue weighted by atomic mass is 32.2. The van der Waals surface area contributed by atoms with Crippen LogP contribution in [0.15, 0.2) is 42.5 Å². The van der Waals surface area contributed by atoms with Gasteiger partial charge in [0.2, 0.25) is 0 Å². The van der Waals surface area contributed by atoms with Gasteiger partial charge in [-0.1, -0.05) is 18.2 Å². The van der Waals surface area contributed by atoms with Crippen molar-refractivity contribution >= 4 is 35.1 Å². The van der Waals surface area contributed by atoms with Gasteiger partial charge in [0, 0.05) is 22.8 Å². The Labute approximate surface area is 145 Å². The number of aryl methyl sites for hydroxylation is 2. The monoisotopic (exact) mass is 341 g/mol. The lowest BCUT2D eigenvalue weighted by Gasteiger charge is -2.10. The summed E-state index contributed by atoms with van der Waals surface area (Å²) in [4.78, 5) is 12.4. The molecule has 4 rings (SSSR count). The largest absolute Gasteiger partial charge is 0.322 e. The third kappa shape index (κ3) is 3.29. The third-order valence-corrected chi connectivity index (χ3v) is 7.53. The molecular formula is C19H19NOS2. The van der Waals surface area contributed by atoms with Crippen LogP contribution in [0.25, 0.3) is 0 Å². The molecule has 1 fully saturated rings. The van der Waals surface area contributed by atoms with E-state index in [-0.39, 0.29) is 5.91 Å². The number of rotatable bonds is 3. The molecular weight excluding hydrogens is 322 g/mol. The molecule has 0 unspecified atom stereocenters. The topological polar surface area (TPSA) is 29.1 Å². The molecule has 2 aromatic carbocycles. The van der Waals surface area contributed by atoms with E-state index in [0.29, 0.717) is 4.58 Å². The highest BCUT2D eigenvalue weighted by Crippen LogP contribution is 2.45. The molecule has 0 spiro atoms. The lowest BCUT2D eigenvalue weighted by molar-refractivity contribution is 0.102. The number of nitrogens with one attached hydrogen (secondary N) is 1. The van der Waals surface area contributed by atoms with Crippen molar-refractivity contribution in [3.8, 4) is 0 Å². The van der Waals surface area contributed by atoms with Crippen LogP contribution in [0.4, 0.5) is 5.69 Å². The Morgan fingerprint density at radius 3 is 2.48 bits per heavy atom. The molecule has 0 atom stereocenters. The van der Waals surface area contributed by atoms with Crippen LogP contribution < -0.4 is 5.32 Å². The fraction of sp³-hybridized carbons (Fsp3) is 0.316. The first kappa shape index (κ1) is 15.2. The summed E-state index contributed by atoms with van der Waals surface area (Å²) in [5, 5.41) is 3.03. The fourth-order valence-electron chi connectivity index (χ4n) is 3.20. The van der Waals surface area contributed by atoms with Crippen molar-refractivity contribution < 1.29 is 4.79 Å². The van der Waals surface area contributed by atoms with Crippen LogP contribution in [0.2, 0.25) is 0 Å². The molecule has 4 heteroatoms. The summed E-state index contributed by atoms with van der Waals surface area (Å²) in [7, 11) is 0. The number of amides is 1. The van der Waals surface area contributed by atoms with Crippen LogP contribution in [-0.4, -0.2) is 17.4 Å². The third-order valence-electron chi connectivity index (χ3n) is 4.42. The van der Waals surface area contributed by atoms with Gasteiger partial charge in [0.1, 0.15) is 0 Å². The number of hydrogen-bond acceptors (Lipinski definition) is 3. The summed E-state index contributed by atoms with van der Waals surface area (Å²) < 4.78 is 0.531. The van der Waals surface area contributed by atoms with E-state index >= 15 is 0 Å². The van der Waals surface area contributed by atoms with Crippen molar-refractivity contribution in [3.05, 3.63) is 64.7 Å². The van der Waals surface area contributed by atoms with E-state index in [1.54, 1.807) is 0 Å². The van der Waals surface area contributed by atoms with Gasteiger partial charge >= 0.3 is 0 Å². The molecule has 1 heterocycles. The van der Waals surface area contributed by atoms with Crippen molar-refractivity contribution in [3.63, 3.8) is 0 Å². The number of carbonyl (C=O) groups is 1. The van der Waals surface area contributed by atoms with Crippen molar-refractivity contribution in [2.75, 3.05) is 16.8 Å². The van der Waals surface area contributed by atoms with E-state index in [2.05, 4.69) is 29.6 Å². The standard InChI is InChI=1S/C19H19NOS2/c21-18(20-17-9-8-13-2-1-3-16(13)12-17)14-4-6-15(7-5-14)19-22-10-11-23-19/h4-9,12,19H,1-3,10-11H2,(H,20,21). The number of anilines is 1. The van der Waals surface area contributed by atoms with Gasteiger partial charge in [0.15, 0.2) is 0 Å². The minimum atomic E-state index is -0.0266. The first-order valence-electron chi connectivity index (χ1n) is 8.06. The van der Waals surface area contributed by atoms with E-state index < -0.39 is 0 Å². The quantitative estimate of drug-likeness (QED) is 0.860. The molecule has 0 saturated carbocycles. The van der Waals surface area contributed by atoms with Gasteiger partial charge in [-0.25, -0.2) is 0 Å². The lowest BCUT2D eigenvalue weighted by atomic mass is 10.1. The van der Waals surface area contributed by atoms with Crippen molar-refractivity contribution in [2.45, 2.75) is 23.8 Å². The minimum absolute atomic E-state index is 0.0266. The summed E-state index contributed by atoms with van der Waals surface area (Å²) in [6, 6.07) is 14.4. The van der Waals surface area contributed by atoms with E-state index in [9.17, 15) is 4.79 Å². The second-order valence-electron chi connectivity index (χ2n) is 5.99. The molecule has 0 radical (unpaired) electrons. The summed E-state index contributed by atoms with van der Waals surface area (Å²) >= 11 is 3.97. The average molecular weight is 342 g/mol. The minimum Gasteiger partial charge on any atom is -0.322 e. The number of thioether (sulfide) groups is 2. The number of benzene rings is 2. The molecule has 0 aromatic heterocycles. The second-order valence-corrected chi connectivity index (χ2v) is 8.71. The Balaban J connectivity index is 1.46. The SMILES string of the molecule is O=C(Nc1ccc2c(c1)CCC2)c1ccc(C2SCCS2)cc1. The maximum Gasteiger partial charge on any atom is 0.255 e. The molecule has 118 valence electrons. The van der Waals surface area contributed by atoms with Gasteiger partial charge in [-0.05, 0) is 60.2 Å². The Morgan fingerprint density at radius 2 is 1.70 bits per heavy atom. The summed E-state index contributed by atoms with van der Waals surface area (Å²) in [6.45, 7) is 0. The highest BCUT2D eigenvalue weighted by Gasteiger charge is 2.18. The highest BCUT2D eigenvalue weighted by molar-refractivity contribution is 8.19. The normalized spacial score (nSPS) is 17.2. The lowest BCUT2D eigenvalue weighted by Crippen LogP contribution is -2.12. The molecule has 1 saturated heterocycles. The fourth-order valence-corrected chi connectivity index (χ4v) is 6.05. The predicted octanol–water partition coefficient (Wildman–Crippen LogP) is 4.91. The summed E-state index contributed by atoms with van der Waals surface area (Å²) in [6.07, 6.45) is 3.53. The molecule has 2 nitrogen and oxygen atoms in total. The first-order chi connectivity index (χ1) is 11.3. The van der Waals surface area contributed by atoms with Gasteiger partial charge in [0.05, 0.1) is 4.58 Å². The Kier molecular flexibility index (Phi) is 4.36. The van der Waals surface area contributed by atoms with Gasteiger partial charge < -0.3 is 5.32 Å². The average Bonchev–Trinajstić information content (AvgIpc) is 3.26. The van der Waals surface area contributed by atoms with Crippen LogP contribution in [0.3, 0.4) is 0 Å². The van der Waals surface area contributed by atoms with Crippen molar-refractivity contribution in [1.82, 2.24) is 0 Å². The second kappa shape index (κ2) is 6.62. The molecule has 23 heavy (non-hydrogen) atoms. The van der Waals surface area contributed by atoms with Crippen LogP contribution in [0.5, 0.6) is 0 Å². The van der Waals surface area contributed by atoms with Crippen molar-refractivity contribution in [2.24, 2.45) is 0 Å². The zero-order valence-electron chi connectivity index (χ0n) is 12.9. The van der Waals surface area contributed by atoms with Crippen LogP contribution >= 0.6 is 23.5 Å². The first-order valence-corrected chi connectivity index (χ1v) is 10.2. The van der Waals surface area contributed by atoms with Crippen LogP contribution in [0.1, 0.15) is 38.1 Å². The zero-order chi connectivity index (χ0) is 15.6. The van der Waals surface area contributed by atoms with E-state index in [0.717, 1.165) is 17.7 Å². The van der Waals surface area contributed by atoms with E-state index in [4.69, 9.17) is 0 Å². The molecule has 1 N–H and O–H groups in total. The number of carbonyl (C=O) groups excluding carboxylic acids is 1.